The van der Waals surface area contributed by atoms with Gasteiger partial charge in [0.05, 0.1) is 11.1 Å². The van der Waals surface area contributed by atoms with Crippen molar-refractivity contribution in [1.82, 2.24) is 5.32 Å². The van der Waals surface area contributed by atoms with E-state index in [0.717, 1.165) is 35.8 Å². The number of hydrogen-bond donors (Lipinski definition) is 1. The van der Waals surface area contributed by atoms with Crippen molar-refractivity contribution in [2.45, 2.75) is 32.7 Å². The first-order valence-corrected chi connectivity index (χ1v) is 7.21. The lowest BCUT2D eigenvalue weighted by Crippen LogP contribution is -2.20. The zero-order valence-corrected chi connectivity index (χ0v) is 11.9. The van der Waals surface area contributed by atoms with E-state index in [2.05, 4.69) is 40.3 Å². The average molecular weight is 298 g/mol. The predicted octanol–water partition coefficient (Wildman–Crippen LogP) is 3.74. The minimum absolute atomic E-state index is 0.772. The Balaban J connectivity index is 2.00. The van der Waals surface area contributed by atoms with Crippen LogP contribution in [0.1, 0.15) is 31.7 Å². The summed E-state index contributed by atoms with van der Waals surface area (Å²) in [5.74, 6) is 1.79. The fraction of sp³-hybridized carbons (Fsp3) is 0.571. The molecule has 0 aromatic heterocycles. The Labute approximate surface area is 112 Å². The Hall–Kier alpha value is -0.540. The van der Waals surface area contributed by atoms with Crippen molar-refractivity contribution >= 4 is 15.9 Å². The van der Waals surface area contributed by atoms with Crippen LogP contribution in [0.5, 0.6) is 5.75 Å². The summed E-state index contributed by atoms with van der Waals surface area (Å²) in [6.07, 6.45) is 4.02. The van der Waals surface area contributed by atoms with E-state index < -0.39 is 0 Å². The van der Waals surface area contributed by atoms with Crippen LogP contribution in [0.3, 0.4) is 0 Å². The van der Waals surface area contributed by atoms with E-state index in [4.69, 9.17) is 4.74 Å². The normalized spacial score (nSPS) is 15.6. The molecule has 1 fully saturated rings. The van der Waals surface area contributed by atoms with Gasteiger partial charge in [-0.25, -0.2) is 0 Å². The van der Waals surface area contributed by atoms with E-state index in [0.29, 0.717) is 0 Å². The summed E-state index contributed by atoms with van der Waals surface area (Å²) in [5, 5.41) is 3.35. The summed E-state index contributed by atoms with van der Waals surface area (Å²) in [7, 11) is 0. The van der Waals surface area contributed by atoms with E-state index >= 15 is 0 Å². The van der Waals surface area contributed by atoms with Gasteiger partial charge in [-0.15, -0.1) is 0 Å². The van der Waals surface area contributed by atoms with Gasteiger partial charge in [0.25, 0.3) is 0 Å². The van der Waals surface area contributed by atoms with Gasteiger partial charge in [-0.1, -0.05) is 25.5 Å². The van der Waals surface area contributed by atoms with Gasteiger partial charge in [-0.3, -0.25) is 0 Å². The second-order valence-electron chi connectivity index (χ2n) is 4.62. The monoisotopic (exact) mass is 297 g/mol. The molecule has 0 heterocycles. The largest absolute Gasteiger partial charge is 0.492 e. The lowest BCUT2D eigenvalue weighted by atomic mass is 9.86. The lowest BCUT2D eigenvalue weighted by Gasteiger charge is -2.26. The first-order chi connectivity index (χ1) is 8.31. The summed E-state index contributed by atoms with van der Waals surface area (Å²) in [6.45, 7) is 4.83. The van der Waals surface area contributed by atoms with Gasteiger partial charge < -0.3 is 10.1 Å². The zero-order valence-electron chi connectivity index (χ0n) is 10.3. The third-order valence-corrected chi connectivity index (χ3v) is 3.93. The zero-order chi connectivity index (χ0) is 12.1. The van der Waals surface area contributed by atoms with Gasteiger partial charge in [0.1, 0.15) is 5.75 Å². The maximum Gasteiger partial charge on any atom is 0.137 e. The third kappa shape index (κ3) is 3.46. The Morgan fingerprint density at radius 2 is 2.24 bits per heavy atom. The molecule has 1 aliphatic carbocycles. The van der Waals surface area contributed by atoms with Crippen molar-refractivity contribution in [2.24, 2.45) is 5.92 Å². The van der Waals surface area contributed by atoms with Gasteiger partial charge >= 0.3 is 0 Å². The molecule has 94 valence electrons. The highest BCUT2D eigenvalue weighted by Crippen LogP contribution is 2.32. The summed E-state index contributed by atoms with van der Waals surface area (Å²) in [5.41, 5.74) is 1.24. The SMILES string of the molecule is CCNCc1cccc(Br)c1OCC1CCC1. The number of halogens is 1. The number of hydrogen-bond acceptors (Lipinski definition) is 2. The Kier molecular flexibility index (Phi) is 4.86. The van der Waals surface area contributed by atoms with Gasteiger partial charge in [-0.2, -0.15) is 0 Å². The molecule has 1 aromatic rings. The van der Waals surface area contributed by atoms with Crippen LogP contribution in [-0.2, 0) is 6.54 Å². The molecular weight excluding hydrogens is 278 g/mol. The van der Waals surface area contributed by atoms with Crippen molar-refractivity contribution in [3.63, 3.8) is 0 Å². The van der Waals surface area contributed by atoms with Crippen molar-refractivity contribution in [3.8, 4) is 5.75 Å². The van der Waals surface area contributed by atoms with E-state index in [-0.39, 0.29) is 0 Å². The summed E-state index contributed by atoms with van der Waals surface area (Å²) in [6, 6.07) is 6.24. The van der Waals surface area contributed by atoms with Crippen LogP contribution in [0.15, 0.2) is 22.7 Å². The average Bonchev–Trinajstić information content (AvgIpc) is 2.27. The summed E-state index contributed by atoms with van der Waals surface area (Å²) < 4.78 is 7.04. The Bertz CT molecular complexity index is 363. The molecule has 3 heteroatoms. The highest BCUT2D eigenvalue weighted by atomic mass is 79.9. The van der Waals surface area contributed by atoms with Crippen molar-refractivity contribution in [2.75, 3.05) is 13.2 Å². The molecule has 0 radical (unpaired) electrons. The molecule has 0 atom stereocenters. The molecule has 2 rings (SSSR count). The maximum atomic E-state index is 5.98. The fourth-order valence-corrected chi connectivity index (χ4v) is 2.50. The van der Waals surface area contributed by atoms with Gasteiger partial charge in [0.15, 0.2) is 0 Å². The second kappa shape index (κ2) is 6.41. The molecule has 0 spiro atoms. The first-order valence-electron chi connectivity index (χ1n) is 6.42. The number of ether oxygens (including phenoxy) is 1. The molecular formula is C14H20BrNO. The highest BCUT2D eigenvalue weighted by molar-refractivity contribution is 9.10. The van der Waals surface area contributed by atoms with Crippen molar-refractivity contribution in [3.05, 3.63) is 28.2 Å². The van der Waals surface area contributed by atoms with Crippen LogP contribution < -0.4 is 10.1 Å². The molecule has 17 heavy (non-hydrogen) atoms. The van der Waals surface area contributed by atoms with Crippen LogP contribution in [0.2, 0.25) is 0 Å². The van der Waals surface area contributed by atoms with Crippen LogP contribution in [0.25, 0.3) is 0 Å². The van der Waals surface area contributed by atoms with Crippen LogP contribution in [0.4, 0.5) is 0 Å². The van der Waals surface area contributed by atoms with E-state index in [1.54, 1.807) is 0 Å². The molecule has 1 aliphatic rings. The topological polar surface area (TPSA) is 21.3 Å². The molecule has 1 N–H and O–H groups in total. The molecule has 0 aliphatic heterocycles. The molecule has 0 amide bonds. The predicted molar refractivity (Wildman–Crippen MR) is 74.4 cm³/mol. The molecule has 2 nitrogen and oxygen atoms in total. The number of nitrogens with one attached hydrogen (secondary N) is 1. The molecule has 0 saturated heterocycles. The molecule has 1 aromatic carbocycles. The molecule has 1 saturated carbocycles. The second-order valence-corrected chi connectivity index (χ2v) is 5.47. The quantitative estimate of drug-likeness (QED) is 0.864. The van der Waals surface area contributed by atoms with Crippen LogP contribution >= 0.6 is 15.9 Å². The minimum atomic E-state index is 0.772. The van der Waals surface area contributed by atoms with Crippen LogP contribution in [0, 0.1) is 5.92 Å². The van der Waals surface area contributed by atoms with Gasteiger partial charge in [0.2, 0.25) is 0 Å². The lowest BCUT2D eigenvalue weighted by molar-refractivity contribution is 0.178. The number of para-hydroxylation sites is 1. The smallest absolute Gasteiger partial charge is 0.137 e. The number of rotatable bonds is 6. The minimum Gasteiger partial charge on any atom is -0.492 e. The van der Waals surface area contributed by atoms with Crippen LogP contribution in [-0.4, -0.2) is 13.2 Å². The van der Waals surface area contributed by atoms with Crippen molar-refractivity contribution < 1.29 is 4.74 Å². The first kappa shape index (κ1) is 12.9. The van der Waals surface area contributed by atoms with Crippen molar-refractivity contribution in [1.29, 1.82) is 0 Å². The standard InChI is InChI=1S/C14H20BrNO/c1-2-16-9-12-7-4-8-13(15)14(12)17-10-11-5-3-6-11/h4,7-8,11,16H,2-3,5-6,9-10H2,1H3. The fourth-order valence-electron chi connectivity index (χ4n) is 1.97. The molecule has 0 bridgehead atoms. The van der Waals surface area contributed by atoms with Gasteiger partial charge in [0, 0.05) is 12.1 Å². The van der Waals surface area contributed by atoms with E-state index in [1.807, 2.05) is 6.07 Å². The Morgan fingerprint density at radius 3 is 2.88 bits per heavy atom. The third-order valence-electron chi connectivity index (χ3n) is 3.30. The summed E-state index contributed by atoms with van der Waals surface area (Å²) >= 11 is 3.58. The van der Waals surface area contributed by atoms with E-state index in [9.17, 15) is 0 Å². The highest BCUT2D eigenvalue weighted by Gasteiger charge is 2.19. The summed E-state index contributed by atoms with van der Waals surface area (Å²) in [4.78, 5) is 0. The Morgan fingerprint density at radius 1 is 1.41 bits per heavy atom. The van der Waals surface area contributed by atoms with E-state index in [1.165, 1.54) is 24.8 Å². The maximum absolute atomic E-state index is 5.98. The molecule has 0 unspecified atom stereocenters. The number of benzene rings is 1. The van der Waals surface area contributed by atoms with Gasteiger partial charge in [-0.05, 0) is 47.3 Å².